The molecular formula is C14H6F4. The van der Waals surface area contributed by atoms with Crippen molar-refractivity contribution in [1.29, 1.82) is 0 Å². The molecule has 0 saturated heterocycles. The molecule has 0 fully saturated rings. The Kier molecular flexibility index (Phi) is 2.26. The Morgan fingerprint density at radius 1 is 0.667 bits per heavy atom. The van der Waals surface area contributed by atoms with E-state index in [0.717, 1.165) is 6.07 Å². The molecule has 0 bridgehead atoms. The molecule has 0 N–H and O–H groups in total. The molecule has 0 aliphatic carbocycles. The lowest BCUT2D eigenvalue weighted by atomic mass is 10.0. The first-order valence-electron chi connectivity index (χ1n) is 5.24. The largest absolute Gasteiger partial charge is 0.206 e. The molecule has 4 heteroatoms. The molecule has 0 atom stereocenters. The highest BCUT2D eigenvalue weighted by molar-refractivity contribution is 5.99. The Labute approximate surface area is 99.5 Å². The summed E-state index contributed by atoms with van der Waals surface area (Å²) in [5, 5.41) is 0.165. The zero-order valence-electron chi connectivity index (χ0n) is 8.98. The van der Waals surface area contributed by atoms with Crippen LogP contribution >= 0.6 is 0 Å². The first-order valence-corrected chi connectivity index (χ1v) is 5.24. The summed E-state index contributed by atoms with van der Waals surface area (Å²) < 4.78 is 53.9. The predicted octanol–water partition coefficient (Wildman–Crippen LogP) is 4.55. The summed E-state index contributed by atoms with van der Waals surface area (Å²) in [5.41, 5.74) is 0. The van der Waals surface area contributed by atoms with Gasteiger partial charge in [-0.1, -0.05) is 24.3 Å². The quantitative estimate of drug-likeness (QED) is 0.312. The van der Waals surface area contributed by atoms with Crippen molar-refractivity contribution >= 4 is 21.5 Å². The van der Waals surface area contributed by atoms with Crippen molar-refractivity contribution in [1.82, 2.24) is 0 Å². The molecule has 18 heavy (non-hydrogen) atoms. The van der Waals surface area contributed by atoms with Crippen LogP contribution in [0.25, 0.3) is 21.5 Å². The molecular weight excluding hydrogens is 244 g/mol. The van der Waals surface area contributed by atoms with E-state index in [2.05, 4.69) is 0 Å². The zero-order valence-corrected chi connectivity index (χ0v) is 8.98. The molecule has 90 valence electrons. The third-order valence-corrected chi connectivity index (χ3v) is 2.92. The molecule has 0 saturated carbocycles. The molecule has 0 heterocycles. The molecule has 3 aromatic carbocycles. The maximum Gasteiger partial charge on any atom is 0.195 e. The summed E-state index contributed by atoms with van der Waals surface area (Å²) in [5.74, 6) is -5.35. The number of benzene rings is 3. The smallest absolute Gasteiger partial charge is 0.195 e. The van der Waals surface area contributed by atoms with Crippen LogP contribution in [-0.2, 0) is 0 Å². The van der Waals surface area contributed by atoms with Crippen molar-refractivity contribution < 1.29 is 17.6 Å². The highest BCUT2D eigenvalue weighted by Crippen LogP contribution is 2.31. The Bertz CT molecular complexity index is 778. The summed E-state index contributed by atoms with van der Waals surface area (Å²) in [4.78, 5) is 0. The highest BCUT2D eigenvalue weighted by atomic mass is 19.2. The van der Waals surface area contributed by atoms with Gasteiger partial charge in [-0.05, 0) is 22.9 Å². The van der Waals surface area contributed by atoms with Crippen molar-refractivity contribution in [3.8, 4) is 0 Å². The average Bonchev–Trinajstić information content (AvgIpc) is 2.36. The monoisotopic (exact) mass is 250 g/mol. The topological polar surface area (TPSA) is 0 Å². The lowest BCUT2D eigenvalue weighted by Gasteiger charge is -2.07. The average molecular weight is 250 g/mol. The second kappa shape index (κ2) is 3.70. The molecule has 3 aromatic rings. The number of hydrogen-bond acceptors (Lipinski definition) is 0. The maximum absolute atomic E-state index is 14.1. The summed E-state index contributed by atoms with van der Waals surface area (Å²) in [7, 11) is 0. The Balaban J connectivity index is 2.61. The summed E-state index contributed by atoms with van der Waals surface area (Å²) in [6.45, 7) is 0. The molecule has 0 amide bonds. The van der Waals surface area contributed by atoms with Gasteiger partial charge in [-0.25, -0.2) is 17.6 Å². The molecule has 0 unspecified atom stereocenters. The molecule has 0 radical (unpaired) electrons. The van der Waals surface area contributed by atoms with Crippen molar-refractivity contribution in [3.63, 3.8) is 0 Å². The van der Waals surface area contributed by atoms with E-state index >= 15 is 0 Å². The lowest BCUT2D eigenvalue weighted by molar-refractivity contribution is 0.451. The number of hydrogen-bond donors (Lipinski definition) is 0. The second-order valence-corrected chi connectivity index (χ2v) is 4.00. The van der Waals surface area contributed by atoms with Gasteiger partial charge in [0, 0.05) is 5.39 Å². The SMILES string of the molecule is Fc1cc2cc3ccccc3c(F)c2c(F)c1F. The van der Waals surface area contributed by atoms with Crippen molar-refractivity contribution in [2.45, 2.75) is 0 Å². The van der Waals surface area contributed by atoms with E-state index in [9.17, 15) is 17.6 Å². The fourth-order valence-electron chi connectivity index (χ4n) is 2.08. The van der Waals surface area contributed by atoms with Gasteiger partial charge in [-0.3, -0.25) is 0 Å². The van der Waals surface area contributed by atoms with Gasteiger partial charge in [-0.15, -0.1) is 0 Å². The standard InChI is InChI=1S/C14H6F4/c15-10-6-8-5-7-3-1-2-4-9(7)12(16)11(8)14(18)13(10)17/h1-6H. The van der Waals surface area contributed by atoms with Crippen LogP contribution in [0, 0.1) is 23.3 Å². The van der Waals surface area contributed by atoms with E-state index in [1.54, 1.807) is 18.2 Å². The van der Waals surface area contributed by atoms with E-state index < -0.39 is 28.7 Å². The Morgan fingerprint density at radius 3 is 2.17 bits per heavy atom. The van der Waals surface area contributed by atoms with Crippen LogP contribution in [0.15, 0.2) is 36.4 Å². The second-order valence-electron chi connectivity index (χ2n) is 4.00. The molecule has 0 spiro atoms. The third kappa shape index (κ3) is 1.38. The van der Waals surface area contributed by atoms with Crippen molar-refractivity contribution in [2.75, 3.05) is 0 Å². The van der Waals surface area contributed by atoms with Crippen LogP contribution in [0.4, 0.5) is 17.6 Å². The van der Waals surface area contributed by atoms with Crippen LogP contribution in [0.5, 0.6) is 0 Å². The van der Waals surface area contributed by atoms with Crippen LogP contribution in [0.2, 0.25) is 0 Å². The van der Waals surface area contributed by atoms with Gasteiger partial charge >= 0.3 is 0 Å². The third-order valence-electron chi connectivity index (χ3n) is 2.92. The fourth-order valence-corrected chi connectivity index (χ4v) is 2.08. The van der Waals surface area contributed by atoms with Gasteiger partial charge in [-0.2, -0.15) is 0 Å². The molecule has 0 aliphatic heterocycles. The van der Waals surface area contributed by atoms with Gasteiger partial charge in [0.15, 0.2) is 17.5 Å². The normalized spacial score (nSPS) is 11.3. The van der Waals surface area contributed by atoms with Crippen LogP contribution < -0.4 is 0 Å². The first-order chi connectivity index (χ1) is 8.59. The van der Waals surface area contributed by atoms with E-state index in [0.29, 0.717) is 5.39 Å². The van der Waals surface area contributed by atoms with Gasteiger partial charge in [0.2, 0.25) is 0 Å². The summed E-state index contributed by atoms with van der Waals surface area (Å²) in [6, 6.07) is 8.59. The predicted molar refractivity (Wildman–Crippen MR) is 61.3 cm³/mol. The van der Waals surface area contributed by atoms with E-state index in [-0.39, 0.29) is 10.8 Å². The van der Waals surface area contributed by atoms with E-state index in [4.69, 9.17) is 0 Å². The van der Waals surface area contributed by atoms with E-state index in [1.807, 2.05) is 0 Å². The van der Waals surface area contributed by atoms with Gasteiger partial charge in [0.1, 0.15) is 5.82 Å². The zero-order chi connectivity index (χ0) is 12.9. The highest BCUT2D eigenvalue weighted by Gasteiger charge is 2.18. The Morgan fingerprint density at radius 2 is 1.39 bits per heavy atom. The lowest BCUT2D eigenvalue weighted by Crippen LogP contribution is -1.95. The minimum absolute atomic E-state index is 0.00241. The van der Waals surface area contributed by atoms with Crippen LogP contribution in [0.1, 0.15) is 0 Å². The first kappa shape index (κ1) is 11.0. The van der Waals surface area contributed by atoms with Crippen LogP contribution in [0.3, 0.4) is 0 Å². The molecule has 0 aromatic heterocycles. The number of halogens is 4. The fraction of sp³-hybridized carbons (Fsp3) is 0. The van der Waals surface area contributed by atoms with Crippen molar-refractivity contribution in [3.05, 3.63) is 59.7 Å². The minimum Gasteiger partial charge on any atom is -0.206 e. The summed E-state index contributed by atoms with van der Waals surface area (Å²) in [6.07, 6.45) is 0. The van der Waals surface area contributed by atoms with Crippen LogP contribution in [-0.4, -0.2) is 0 Å². The molecule has 0 nitrogen and oxygen atoms in total. The van der Waals surface area contributed by atoms with E-state index in [1.165, 1.54) is 12.1 Å². The molecule has 3 rings (SSSR count). The molecule has 0 aliphatic rings. The van der Waals surface area contributed by atoms with Gasteiger partial charge in [0.25, 0.3) is 0 Å². The summed E-state index contributed by atoms with van der Waals surface area (Å²) >= 11 is 0. The van der Waals surface area contributed by atoms with Gasteiger partial charge in [0.05, 0.1) is 5.39 Å². The Hall–Kier alpha value is -2.10. The number of fused-ring (bicyclic) bond motifs is 2. The maximum atomic E-state index is 14.1. The van der Waals surface area contributed by atoms with Gasteiger partial charge < -0.3 is 0 Å². The minimum atomic E-state index is -1.66. The van der Waals surface area contributed by atoms with Crippen molar-refractivity contribution in [2.24, 2.45) is 0 Å². The number of rotatable bonds is 0.